The predicted molar refractivity (Wildman–Crippen MR) is 122 cm³/mol. The van der Waals surface area contributed by atoms with Gasteiger partial charge in [0, 0.05) is 24.1 Å². The second kappa shape index (κ2) is 8.32. The fourth-order valence-electron chi connectivity index (χ4n) is 3.62. The second-order valence-corrected chi connectivity index (χ2v) is 7.42. The lowest BCUT2D eigenvalue weighted by Gasteiger charge is -2.09. The van der Waals surface area contributed by atoms with E-state index >= 15 is 0 Å². The van der Waals surface area contributed by atoms with Gasteiger partial charge in [0.15, 0.2) is 0 Å². The smallest absolute Gasteiger partial charge is 0.228 e. The standard InChI is InChI=1S/C26H21N3O2/c30-26(15-19-11-12-20-6-1-2-7-21(20)14-19)28-22-8-5-9-24(16-22)31-18-23-17-29-13-4-3-10-25(29)27-23/h1-14,16-17H,15,18H2,(H,28,30). The van der Waals surface area contributed by atoms with Crippen LogP contribution in [0.3, 0.4) is 0 Å². The van der Waals surface area contributed by atoms with Crippen LogP contribution in [0.5, 0.6) is 5.75 Å². The fraction of sp³-hybridized carbons (Fsp3) is 0.0769. The number of carbonyl (C=O) groups excluding carboxylic acids is 1. The first-order chi connectivity index (χ1) is 15.2. The third-order valence-corrected chi connectivity index (χ3v) is 5.10. The van der Waals surface area contributed by atoms with E-state index in [4.69, 9.17) is 4.74 Å². The number of fused-ring (bicyclic) bond motifs is 2. The molecule has 31 heavy (non-hydrogen) atoms. The molecule has 5 aromatic rings. The van der Waals surface area contributed by atoms with Crippen molar-refractivity contribution in [2.45, 2.75) is 13.0 Å². The Morgan fingerprint density at radius 2 is 1.77 bits per heavy atom. The topological polar surface area (TPSA) is 55.6 Å². The largest absolute Gasteiger partial charge is 0.487 e. The van der Waals surface area contributed by atoms with Crippen LogP contribution in [-0.2, 0) is 17.8 Å². The van der Waals surface area contributed by atoms with Crippen molar-refractivity contribution in [2.24, 2.45) is 0 Å². The zero-order valence-corrected chi connectivity index (χ0v) is 16.9. The summed E-state index contributed by atoms with van der Waals surface area (Å²) in [5.41, 5.74) is 3.42. The van der Waals surface area contributed by atoms with Gasteiger partial charge in [-0.05, 0) is 40.6 Å². The molecular formula is C26H21N3O2. The summed E-state index contributed by atoms with van der Waals surface area (Å²) in [6, 6.07) is 27.5. The van der Waals surface area contributed by atoms with Gasteiger partial charge in [-0.3, -0.25) is 4.79 Å². The van der Waals surface area contributed by atoms with Crippen molar-refractivity contribution in [3.05, 3.63) is 109 Å². The van der Waals surface area contributed by atoms with Crippen LogP contribution >= 0.6 is 0 Å². The monoisotopic (exact) mass is 407 g/mol. The molecule has 1 N–H and O–H groups in total. The summed E-state index contributed by atoms with van der Waals surface area (Å²) in [5.74, 6) is 0.619. The molecule has 0 bridgehead atoms. The van der Waals surface area contributed by atoms with Gasteiger partial charge in [-0.25, -0.2) is 4.98 Å². The highest BCUT2D eigenvalue weighted by atomic mass is 16.5. The molecule has 2 aromatic heterocycles. The second-order valence-electron chi connectivity index (χ2n) is 7.42. The van der Waals surface area contributed by atoms with Crippen LogP contribution in [0.4, 0.5) is 5.69 Å². The lowest BCUT2D eigenvalue weighted by molar-refractivity contribution is -0.115. The van der Waals surface area contributed by atoms with E-state index in [9.17, 15) is 4.79 Å². The minimum absolute atomic E-state index is 0.0622. The Balaban J connectivity index is 1.22. The Morgan fingerprint density at radius 1 is 0.903 bits per heavy atom. The highest BCUT2D eigenvalue weighted by Crippen LogP contribution is 2.20. The summed E-state index contributed by atoms with van der Waals surface area (Å²) in [4.78, 5) is 17.1. The van der Waals surface area contributed by atoms with Crippen molar-refractivity contribution in [3.63, 3.8) is 0 Å². The van der Waals surface area contributed by atoms with Crippen molar-refractivity contribution < 1.29 is 9.53 Å². The van der Waals surface area contributed by atoms with E-state index < -0.39 is 0 Å². The van der Waals surface area contributed by atoms with Gasteiger partial charge < -0.3 is 14.5 Å². The molecule has 0 atom stereocenters. The van der Waals surface area contributed by atoms with Crippen molar-refractivity contribution in [2.75, 3.05) is 5.32 Å². The zero-order valence-electron chi connectivity index (χ0n) is 16.9. The number of imidazole rings is 1. The molecule has 0 saturated carbocycles. The maximum Gasteiger partial charge on any atom is 0.228 e. The number of nitrogens with one attached hydrogen (secondary N) is 1. The third-order valence-electron chi connectivity index (χ3n) is 5.10. The van der Waals surface area contributed by atoms with E-state index in [0.29, 0.717) is 24.5 Å². The Bertz CT molecular complexity index is 1340. The molecule has 1 amide bonds. The van der Waals surface area contributed by atoms with Gasteiger partial charge in [-0.2, -0.15) is 0 Å². The van der Waals surface area contributed by atoms with Gasteiger partial charge in [0.25, 0.3) is 0 Å². The molecule has 5 heteroatoms. The number of rotatable bonds is 6. The van der Waals surface area contributed by atoms with E-state index in [2.05, 4.69) is 28.5 Å². The number of nitrogens with zero attached hydrogens (tertiary/aromatic N) is 2. The predicted octanol–water partition coefficient (Wildman–Crippen LogP) is 5.25. The maximum atomic E-state index is 12.5. The molecule has 0 radical (unpaired) electrons. The number of hydrogen-bond donors (Lipinski definition) is 1. The SMILES string of the molecule is O=C(Cc1ccc2ccccc2c1)Nc1cccc(OCc2cn3ccccc3n2)c1. The minimum atomic E-state index is -0.0622. The van der Waals surface area contributed by atoms with Gasteiger partial charge in [0.05, 0.1) is 12.1 Å². The zero-order chi connectivity index (χ0) is 21.0. The number of aromatic nitrogens is 2. The molecule has 0 fully saturated rings. The van der Waals surface area contributed by atoms with Gasteiger partial charge in [0.1, 0.15) is 18.0 Å². The molecule has 0 saturated heterocycles. The normalized spacial score (nSPS) is 11.0. The van der Waals surface area contributed by atoms with Crippen molar-refractivity contribution in [1.82, 2.24) is 9.38 Å². The van der Waals surface area contributed by atoms with E-state index in [1.807, 2.05) is 83.5 Å². The molecule has 5 nitrogen and oxygen atoms in total. The minimum Gasteiger partial charge on any atom is -0.487 e. The first-order valence-corrected chi connectivity index (χ1v) is 10.2. The van der Waals surface area contributed by atoms with Gasteiger partial charge in [-0.15, -0.1) is 0 Å². The van der Waals surface area contributed by atoms with E-state index in [-0.39, 0.29) is 5.91 Å². The quantitative estimate of drug-likeness (QED) is 0.418. The van der Waals surface area contributed by atoms with Crippen LogP contribution < -0.4 is 10.1 Å². The van der Waals surface area contributed by atoms with Crippen LogP contribution in [0.15, 0.2) is 97.3 Å². The summed E-state index contributed by atoms with van der Waals surface area (Å²) in [5, 5.41) is 5.26. The Hall–Kier alpha value is -4.12. The van der Waals surface area contributed by atoms with E-state index in [0.717, 1.165) is 22.3 Å². The first kappa shape index (κ1) is 18.9. The number of hydrogen-bond acceptors (Lipinski definition) is 3. The highest BCUT2D eigenvalue weighted by molar-refractivity contribution is 5.93. The van der Waals surface area contributed by atoms with E-state index in [1.165, 1.54) is 5.39 Å². The maximum absolute atomic E-state index is 12.5. The average Bonchev–Trinajstić information content (AvgIpc) is 3.21. The lowest BCUT2D eigenvalue weighted by Crippen LogP contribution is -2.14. The molecule has 0 spiro atoms. The number of pyridine rings is 1. The molecule has 0 unspecified atom stereocenters. The van der Waals surface area contributed by atoms with Crippen molar-refractivity contribution in [3.8, 4) is 5.75 Å². The molecule has 0 aliphatic rings. The fourth-order valence-corrected chi connectivity index (χ4v) is 3.62. The van der Waals surface area contributed by atoms with Crippen LogP contribution in [0.1, 0.15) is 11.3 Å². The number of anilines is 1. The van der Waals surface area contributed by atoms with Crippen molar-refractivity contribution in [1.29, 1.82) is 0 Å². The molecule has 152 valence electrons. The Kier molecular flexibility index (Phi) is 5.07. The number of carbonyl (C=O) groups is 1. The average molecular weight is 407 g/mol. The molecule has 3 aromatic carbocycles. The van der Waals surface area contributed by atoms with Gasteiger partial charge in [-0.1, -0.05) is 54.6 Å². The number of amides is 1. The molecule has 5 rings (SSSR count). The van der Waals surface area contributed by atoms with Crippen molar-refractivity contribution >= 4 is 28.0 Å². The third kappa shape index (κ3) is 4.41. The number of ether oxygens (including phenoxy) is 1. The lowest BCUT2D eigenvalue weighted by atomic mass is 10.0. The number of benzene rings is 3. The Morgan fingerprint density at radius 3 is 2.68 bits per heavy atom. The summed E-state index contributed by atoms with van der Waals surface area (Å²) in [6.07, 6.45) is 4.22. The summed E-state index contributed by atoms with van der Waals surface area (Å²) < 4.78 is 7.84. The van der Waals surface area contributed by atoms with E-state index in [1.54, 1.807) is 0 Å². The van der Waals surface area contributed by atoms with Gasteiger partial charge >= 0.3 is 0 Å². The molecule has 2 heterocycles. The molecule has 0 aliphatic carbocycles. The summed E-state index contributed by atoms with van der Waals surface area (Å²) in [6.45, 7) is 0.357. The summed E-state index contributed by atoms with van der Waals surface area (Å²) >= 11 is 0. The summed E-state index contributed by atoms with van der Waals surface area (Å²) in [7, 11) is 0. The Labute approximate surface area is 179 Å². The molecule has 0 aliphatic heterocycles. The van der Waals surface area contributed by atoms with Crippen LogP contribution in [0, 0.1) is 0 Å². The van der Waals surface area contributed by atoms with Crippen LogP contribution in [0.25, 0.3) is 16.4 Å². The molecular weight excluding hydrogens is 386 g/mol. The van der Waals surface area contributed by atoms with Gasteiger partial charge in [0.2, 0.25) is 5.91 Å². The van der Waals surface area contributed by atoms with Crippen LogP contribution in [-0.4, -0.2) is 15.3 Å². The first-order valence-electron chi connectivity index (χ1n) is 10.2. The van der Waals surface area contributed by atoms with Crippen LogP contribution in [0.2, 0.25) is 0 Å². The highest BCUT2D eigenvalue weighted by Gasteiger charge is 2.07.